The summed E-state index contributed by atoms with van der Waals surface area (Å²) < 4.78 is 10.2. The van der Waals surface area contributed by atoms with E-state index in [2.05, 4.69) is 72.0 Å². The van der Waals surface area contributed by atoms with Crippen LogP contribution in [0.1, 0.15) is 45.1 Å². The number of aromatic nitrogens is 2. The van der Waals surface area contributed by atoms with E-state index in [1.54, 1.807) is 0 Å². The van der Waals surface area contributed by atoms with E-state index < -0.39 is 0 Å². The Morgan fingerprint density at radius 3 is 2.73 bits per heavy atom. The van der Waals surface area contributed by atoms with Crippen LogP contribution in [0.3, 0.4) is 0 Å². The molecule has 0 aliphatic carbocycles. The minimum absolute atomic E-state index is 0.643. The van der Waals surface area contributed by atoms with Crippen molar-refractivity contribution in [2.24, 2.45) is 5.92 Å². The summed E-state index contributed by atoms with van der Waals surface area (Å²) in [7, 11) is 0. The molecule has 1 aromatic carbocycles. The zero-order valence-electron chi connectivity index (χ0n) is 13.9. The van der Waals surface area contributed by atoms with Gasteiger partial charge in [0.2, 0.25) is 6.33 Å². The van der Waals surface area contributed by atoms with Crippen molar-refractivity contribution in [1.82, 2.24) is 4.57 Å². The molecule has 0 spiro atoms. The molecule has 0 radical (unpaired) electrons. The highest BCUT2D eigenvalue weighted by Crippen LogP contribution is 2.12. The first kappa shape index (κ1) is 16.8. The number of unbranched alkanes of at least 4 members (excludes halogenated alkanes) is 1. The molecule has 0 unspecified atom stereocenters. The zero-order valence-corrected chi connectivity index (χ0v) is 13.9. The minimum Gasteiger partial charge on any atom is -0.341 e. The van der Waals surface area contributed by atoms with Crippen molar-refractivity contribution in [2.45, 2.75) is 52.8 Å². The van der Waals surface area contributed by atoms with Gasteiger partial charge in [0.25, 0.3) is 0 Å². The molecule has 0 saturated carbocycles. The van der Waals surface area contributed by atoms with Gasteiger partial charge in [0.15, 0.2) is 6.73 Å². The van der Waals surface area contributed by atoms with Crippen LogP contribution in [0.2, 0.25) is 0 Å². The topological polar surface area (TPSA) is 18.0 Å². The van der Waals surface area contributed by atoms with Crippen molar-refractivity contribution in [2.75, 3.05) is 6.61 Å². The molecule has 3 nitrogen and oxygen atoms in total. The summed E-state index contributed by atoms with van der Waals surface area (Å²) in [6.07, 6.45) is 11.4. The second kappa shape index (κ2) is 9.42. The van der Waals surface area contributed by atoms with Crippen molar-refractivity contribution in [3.05, 3.63) is 54.6 Å². The number of rotatable bonds is 10. The van der Waals surface area contributed by atoms with Gasteiger partial charge >= 0.3 is 0 Å². The predicted molar refractivity (Wildman–Crippen MR) is 89.4 cm³/mol. The molecule has 0 saturated heterocycles. The van der Waals surface area contributed by atoms with Crippen molar-refractivity contribution in [3.63, 3.8) is 0 Å². The van der Waals surface area contributed by atoms with E-state index >= 15 is 0 Å². The number of hydrogen-bond donors (Lipinski definition) is 0. The van der Waals surface area contributed by atoms with Crippen molar-refractivity contribution < 1.29 is 9.30 Å². The van der Waals surface area contributed by atoms with Crippen LogP contribution in [0.25, 0.3) is 0 Å². The third kappa shape index (κ3) is 5.64. The Balaban J connectivity index is 1.75. The van der Waals surface area contributed by atoms with E-state index in [4.69, 9.17) is 4.74 Å². The summed E-state index contributed by atoms with van der Waals surface area (Å²) in [5.74, 6) is 0.701. The van der Waals surface area contributed by atoms with Crippen LogP contribution in [0.5, 0.6) is 0 Å². The molecular weight excluding hydrogens is 272 g/mol. The van der Waals surface area contributed by atoms with Crippen LogP contribution in [0.4, 0.5) is 0 Å². The summed E-state index contributed by atoms with van der Waals surface area (Å²) >= 11 is 0. The quantitative estimate of drug-likeness (QED) is 0.606. The molecule has 2 rings (SSSR count). The molecule has 22 heavy (non-hydrogen) atoms. The summed E-state index contributed by atoms with van der Waals surface area (Å²) in [5.41, 5.74) is 1.32. The van der Waals surface area contributed by atoms with Gasteiger partial charge in [-0.15, -0.1) is 0 Å². The Bertz CT molecular complexity index is 521. The number of hydrogen-bond acceptors (Lipinski definition) is 1. The lowest BCUT2D eigenvalue weighted by molar-refractivity contribution is -0.688. The Kier molecular flexibility index (Phi) is 7.17. The first-order valence-electron chi connectivity index (χ1n) is 8.48. The lowest BCUT2D eigenvalue weighted by Crippen LogP contribution is -2.31. The number of nitrogens with zero attached hydrogens (tertiary/aromatic N) is 2. The lowest BCUT2D eigenvalue weighted by atomic mass is 10.0. The van der Waals surface area contributed by atoms with E-state index in [0.29, 0.717) is 12.6 Å². The fourth-order valence-corrected chi connectivity index (χ4v) is 2.63. The first-order chi connectivity index (χ1) is 10.8. The molecule has 0 amide bonds. The molecule has 3 heteroatoms. The summed E-state index contributed by atoms with van der Waals surface area (Å²) in [6, 6.07) is 10.5. The van der Waals surface area contributed by atoms with Crippen LogP contribution in [0, 0.1) is 5.92 Å². The third-order valence-corrected chi connectivity index (χ3v) is 4.09. The highest BCUT2D eigenvalue weighted by atomic mass is 16.5. The van der Waals surface area contributed by atoms with E-state index in [-0.39, 0.29) is 0 Å². The normalized spacial score (nSPS) is 12.5. The lowest BCUT2D eigenvalue weighted by Gasteiger charge is -2.13. The molecule has 0 bridgehead atoms. The van der Waals surface area contributed by atoms with Gasteiger partial charge in [0.05, 0.1) is 6.61 Å². The van der Waals surface area contributed by atoms with Gasteiger partial charge in [0, 0.05) is 0 Å². The molecule has 1 heterocycles. The Morgan fingerprint density at radius 1 is 1.18 bits per heavy atom. The van der Waals surface area contributed by atoms with Crippen LogP contribution < -0.4 is 4.57 Å². The van der Waals surface area contributed by atoms with Crippen molar-refractivity contribution in [3.8, 4) is 0 Å². The van der Waals surface area contributed by atoms with E-state index in [9.17, 15) is 0 Å². The van der Waals surface area contributed by atoms with Gasteiger partial charge in [-0.1, -0.05) is 63.4 Å². The standard InChI is InChI=1S/C19H29N2O/c1-3-5-9-18(4-2)15-22-17-21-13-12-20(16-21)14-19-10-7-6-8-11-19/h6-8,10-13,16,18H,3-5,9,14-15,17H2,1-2H3/q+1/t18-/m0/s1. The fourth-order valence-electron chi connectivity index (χ4n) is 2.63. The first-order valence-corrected chi connectivity index (χ1v) is 8.48. The minimum atomic E-state index is 0.643. The van der Waals surface area contributed by atoms with Gasteiger partial charge in [-0.2, -0.15) is 0 Å². The maximum atomic E-state index is 5.88. The molecule has 0 fully saturated rings. The molecule has 2 aromatic rings. The van der Waals surface area contributed by atoms with Crippen LogP contribution in [-0.4, -0.2) is 11.2 Å². The largest absolute Gasteiger partial charge is 0.341 e. The zero-order chi connectivity index (χ0) is 15.6. The molecule has 0 N–H and O–H groups in total. The Hall–Kier alpha value is -1.61. The number of imidazole rings is 1. The highest BCUT2D eigenvalue weighted by Gasteiger charge is 2.08. The molecule has 0 aliphatic rings. The molecule has 1 atom stereocenters. The van der Waals surface area contributed by atoms with Crippen LogP contribution in [0.15, 0.2) is 49.1 Å². The summed E-state index contributed by atoms with van der Waals surface area (Å²) in [4.78, 5) is 0. The second-order valence-corrected chi connectivity index (χ2v) is 6.00. The summed E-state index contributed by atoms with van der Waals surface area (Å²) in [6.45, 7) is 6.92. The van der Waals surface area contributed by atoms with Gasteiger partial charge in [-0.3, -0.25) is 0 Å². The Morgan fingerprint density at radius 2 is 2.00 bits per heavy atom. The monoisotopic (exact) mass is 301 g/mol. The average molecular weight is 301 g/mol. The smallest absolute Gasteiger partial charge is 0.245 e. The maximum absolute atomic E-state index is 5.88. The van der Waals surface area contributed by atoms with Crippen LogP contribution in [-0.2, 0) is 18.0 Å². The number of benzene rings is 1. The number of ether oxygens (including phenoxy) is 1. The van der Waals surface area contributed by atoms with E-state index in [1.807, 2.05) is 0 Å². The summed E-state index contributed by atoms with van der Waals surface area (Å²) in [5, 5.41) is 0. The Labute approximate surface area is 134 Å². The van der Waals surface area contributed by atoms with Gasteiger partial charge < -0.3 is 4.74 Å². The van der Waals surface area contributed by atoms with Gasteiger partial charge in [0.1, 0.15) is 18.9 Å². The highest BCUT2D eigenvalue weighted by molar-refractivity contribution is 5.13. The molecular formula is C19H29N2O+. The SMILES string of the molecule is CCCC[C@H](CC)COCn1cc[n+](Cc2ccccc2)c1. The van der Waals surface area contributed by atoms with E-state index in [0.717, 1.165) is 13.2 Å². The fraction of sp³-hybridized carbons (Fsp3) is 0.526. The molecule has 120 valence electrons. The van der Waals surface area contributed by atoms with Crippen molar-refractivity contribution in [1.29, 1.82) is 0 Å². The van der Waals surface area contributed by atoms with Crippen molar-refractivity contribution >= 4 is 0 Å². The second-order valence-electron chi connectivity index (χ2n) is 6.00. The third-order valence-electron chi connectivity index (χ3n) is 4.09. The maximum Gasteiger partial charge on any atom is 0.245 e. The van der Waals surface area contributed by atoms with Gasteiger partial charge in [-0.05, 0) is 17.9 Å². The van der Waals surface area contributed by atoms with Crippen LogP contribution >= 0.6 is 0 Å². The van der Waals surface area contributed by atoms with Gasteiger partial charge in [-0.25, -0.2) is 9.13 Å². The van der Waals surface area contributed by atoms with E-state index in [1.165, 1.54) is 31.2 Å². The molecule has 0 aliphatic heterocycles. The average Bonchev–Trinajstić information content (AvgIpc) is 2.99. The molecule has 1 aromatic heterocycles. The predicted octanol–water partition coefficient (Wildman–Crippen LogP) is 4.01.